The molecule has 2 rings (SSSR count). The molecule has 1 N–H and O–H groups in total. The van der Waals surface area contributed by atoms with Crippen molar-refractivity contribution < 1.29 is 9.84 Å². The van der Waals surface area contributed by atoms with E-state index in [4.69, 9.17) is 4.74 Å². The molecule has 0 bridgehead atoms. The van der Waals surface area contributed by atoms with Crippen LogP contribution in [0.4, 0.5) is 0 Å². The van der Waals surface area contributed by atoms with Gasteiger partial charge in [0.1, 0.15) is 11.2 Å². The van der Waals surface area contributed by atoms with Crippen LogP contribution in [0, 0.1) is 11.3 Å². The molecule has 1 aliphatic rings. The molecule has 2 unspecified atom stereocenters. The normalized spacial score (nSPS) is 23.6. The van der Waals surface area contributed by atoms with Crippen LogP contribution < -0.4 is 4.74 Å². The zero-order valence-electron chi connectivity index (χ0n) is 10.7. The number of hydrogen-bond donors (Lipinski definition) is 1. The fourth-order valence-electron chi connectivity index (χ4n) is 2.60. The standard InChI is InChI=1S/C15H19NO2/c1-2-3-8-14(17)15(11-16)9-10-18-13-7-5-4-6-12(13)15/h4-7,14,17H,2-3,8-10H2,1H3. The van der Waals surface area contributed by atoms with Gasteiger partial charge in [-0.15, -0.1) is 0 Å². The number of rotatable bonds is 4. The van der Waals surface area contributed by atoms with Gasteiger partial charge in [-0.25, -0.2) is 0 Å². The topological polar surface area (TPSA) is 53.2 Å². The van der Waals surface area contributed by atoms with Crippen molar-refractivity contribution in [2.24, 2.45) is 0 Å². The van der Waals surface area contributed by atoms with Gasteiger partial charge in [-0.3, -0.25) is 0 Å². The van der Waals surface area contributed by atoms with E-state index in [1.54, 1.807) is 0 Å². The minimum atomic E-state index is -0.802. The first-order valence-corrected chi connectivity index (χ1v) is 6.56. The quantitative estimate of drug-likeness (QED) is 0.887. The highest BCUT2D eigenvalue weighted by Crippen LogP contribution is 2.41. The second-order valence-electron chi connectivity index (χ2n) is 4.84. The first-order chi connectivity index (χ1) is 8.74. The zero-order chi connectivity index (χ0) is 13.0. The van der Waals surface area contributed by atoms with Gasteiger partial charge in [-0.1, -0.05) is 38.0 Å². The Kier molecular flexibility index (Phi) is 3.88. The van der Waals surface area contributed by atoms with E-state index in [2.05, 4.69) is 13.0 Å². The van der Waals surface area contributed by atoms with Crippen molar-refractivity contribution in [3.8, 4) is 11.8 Å². The van der Waals surface area contributed by atoms with Crippen molar-refractivity contribution in [3.63, 3.8) is 0 Å². The van der Waals surface area contributed by atoms with Crippen LogP contribution in [0.3, 0.4) is 0 Å². The molecule has 1 aromatic rings. The number of ether oxygens (including phenoxy) is 1. The van der Waals surface area contributed by atoms with E-state index in [0.29, 0.717) is 19.4 Å². The van der Waals surface area contributed by atoms with Crippen molar-refractivity contribution in [1.29, 1.82) is 5.26 Å². The highest BCUT2D eigenvalue weighted by molar-refractivity contribution is 5.46. The highest BCUT2D eigenvalue weighted by atomic mass is 16.5. The molecule has 1 heterocycles. The molecule has 0 spiro atoms. The van der Waals surface area contributed by atoms with Gasteiger partial charge in [0.05, 0.1) is 18.8 Å². The maximum absolute atomic E-state index is 10.4. The Morgan fingerprint density at radius 3 is 3.00 bits per heavy atom. The van der Waals surface area contributed by atoms with Crippen molar-refractivity contribution >= 4 is 0 Å². The number of nitrogens with zero attached hydrogens (tertiary/aromatic N) is 1. The van der Waals surface area contributed by atoms with E-state index >= 15 is 0 Å². The van der Waals surface area contributed by atoms with Crippen LogP contribution in [0.15, 0.2) is 24.3 Å². The fourth-order valence-corrected chi connectivity index (χ4v) is 2.60. The average Bonchev–Trinajstić information content (AvgIpc) is 2.44. The lowest BCUT2D eigenvalue weighted by Gasteiger charge is -2.36. The van der Waals surface area contributed by atoms with Gasteiger partial charge in [0.25, 0.3) is 0 Å². The van der Waals surface area contributed by atoms with E-state index in [1.165, 1.54) is 0 Å². The third kappa shape index (κ3) is 2.09. The average molecular weight is 245 g/mol. The lowest BCUT2D eigenvalue weighted by Crippen LogP contribution is -2.42. The molecule has 0 amide bonds. The molecule has 2 atom stereocenters. The lowest BCUT2D eigenvalue weighted by molar-refractivity contribution is 0.0720. The number of aliphatic hydroxyl groups is 1. The predicted octanol–water partition coefficient (Wildman–Crippen LogP) is 2.78. The molecule has 0 saturated heterocycles. The van der Waals surface area contributed by atoms with Crippen LogP contribution in [-0.4, -0.2) is 17.8 Å². The minimum absolute atomic E-state index is 0.494. The summed E-state index contributed by atoms with van der Waals surface area (Å²) >= 11 is 0. The number of benzene rings is 1. The van der Waals surface area contributed by atoms with Gasteiger partial charge in [0.2, 0.25) is 0 Å². The second-order valence-corrected chi connectivity index (χ2v) is 4.84. The monoisotopic (exact) mass is 245 g/mol. The Labute approximate surface area is 108 Å². The van der Waals surface area contributed by atoms with Crippen LogP contribution >= 0.6 is 0 Å². The van der Waals surface area contributed by atoms with Gasteiger partial charge in [-0.05, 0) is 12.5 Å². The number of aliphatic hydroxyl groups excluding tert-OH is 1. The molecule has 3 heteroatoms. The molecule has 96 valence electrons. The fraction of sp³-hybridized carbons (Fsp3) is 0.533. The summed E-state index contributed by atoms with van der Waals surface area (Å²) in [5, 5.41) is 20.0. The first-order valence-electron chi connectivity index (χ1n) is 6.56. The van der Waals surface area contributed by atoms with Crippen LogP contribution in [0.1, 0.15) is 38.2 Å². The van der Waals surface area contributed by atoms with Crippen LogP contribution in [0.2, 0.25) is 0 Å². The summed E-state index contributed by atoms with van der Waals surface area (Å²) in [6.45, 7) is 2.58. The number of fused-ring (bicyclic) bond motifs is 1. The molecule has 0 radical (unpaired) electrons. The molecule has 1 aromatic carbocycles. The third-order valence-electron chi connectivity index (χ3n) is 3.72. The molecule has 0 aromatic heterocycles. The molecular weight excluding hydrogens is 226 g/mol. The Balaban J connectivity index is 2.37. The molecule has 0 aliphatic carbocycles. The second kappa shape index (κ2) is 5.41. The van der Waals surface area contributed by atoms with E-state index < -0.39 is 11.5 Å². The molecule has 0 saturated carbocycles. The largest absolute Gasteiger partial charge is 0.493 e. The summed E-state index contributed by atoms with van der Waals surface area (Å²) in [6, 6.07) is 9.90. The van der Waals surface area contributed by atoms with Crippen LogP contribution in [0.25, 0.3) is 0 Å². The smallest absolute Gasteiger partial charge is 0.124 e. The first kappa shape index (κ1) is 12.9. The summed E-state index contributed by atoms with van der Waals surface area (Å²) < 4.78 is 5.57. The Morgan fingerprint density at radius 2 is 2.28 bits per heavy atom. The number of para-hydroxylation sites is 1. The van der Waals surface area contributed by atoms with Gasteiger partial charge in [0, 0.05) is 12.0 Å². The molecule has 3 nitrogen and oxygen atoms in total. The molecule has 18 heavy (non-hydrogen) atoms. The van der Waals surface area contributed by atoms with E-state index in [1.807, 2.05) is 24.3 Å². The maximum atomic E-state index is 10.4. The summed E-state index contributed by atoms with van der Waals surface area (Å²) in [7, 11) is 0. The minimum Gasteiger partial charge on any atom is -0.493 e. The summed E-state index contributed by atoms with van der Waals surface area (Å²) in [4.78, 5) is 0. The number of unbranched alkanes of at least 4 members (excludes halogenated alkanes) is 1. The number of nitriles is 1. The van der Waals surface area contributed by atoms with Crippen molar-refractivity contribution in [2.75, 3.05) is 6.61 Å². The summed E-state index contributed by atoms with van der Waals surface area (Å²) in [5.41, 5.74) is 0.0339. The Bertz CT molecular complexity index is 452. The number of hydrogen-bond acceptors (Lipinski definition) is 3. The van der Waals surface area contributed by atoms with Crippen molar-refractivity contribution in [2.45, 2.75) is 44.1 Å². The van der Waals surface area contributed by atoms with Gasteiger partial charge >= 0.3 is 0 Å². The van der Waals surface area contributed by atoms with E-state index in [9.17, 15) is 10.4 Å². The van der Waals surface area contributed by atoms with Crippen molar-refractivity contribution in [1.82, 2.24) is 0 Å². The van der Waals surface area contributed by atoms with E-state index in [-0.39, 0.29) is 0 Å². The van der Waals surface area contributed by atoms with Gasteiger partial charge in [-0.2, -0.15) is 5.26 Å². The Morgan fingerprint density at radius 1 is 1.50 bits per heavy atom. The maximum Gasteiger partial charge on any atom is 0.124 e. The predicted molar refractivity (Wildman–Crippen MR) is 69.4 cm³/mol. The molecule has 1 aliphatic heterocycles. The lowest BCUT2D eigenvalue weighted by atomic mass is 9.71. The third-order valence-corrected chi connectivity index (χ3v) is 3.72. The van der Waals surface area contributed by atoms with Crippen LogP contribution in [0.5, 0.6) is 5.75 Å². The molecular formula is C15H19NO2. The van der Waals surface area contributed by atoms with E-state index in [0.717, 1.165) is 24.2 Å². The summed E-state index contributed by atoms with van der Waals surface area (Å²) in [5.74, 6) is 0.737. The van der Waals surface area contributed by atoms with Crippen LogP contribution in [-0.2, 0) is 5.41 Å². The van der Waals surface area contributed by atoms with Gasteiger partial charge < -0.3 is 9.84 Å². The SMILES string of the molecule is CCCCC(O)C1(C#N)CCOc2ccccc21. The molecule has 0 fully saturated rings. The zero-order valence-corrected chi connectivity index (χ0v) is 10.7. The summed E-state index contributed by atoms with van der Waals surface area (Å²) in [6.07, 6.45) is 2.57. The Hall–Kier alpha value is -1.53. The van der Waals surface area contributed by atoms with Gasteiger partial charge in [0.15, 0.2) is 0 Å². The van der Waals surface area contributed by atoms with Crippen molar-refractivity contribution in [3.05, 3.63) is 29.8 Å². The highest BCUT2D eigenvalue weighted by Gasteiger charge is 2.43.